The van der Waals surface area contributed by atoms with Gasteiger partial charge in [0.2, 0.25) is 5.95 Å². The quantitative estimate of drug-likeness (QED) is 0.577. The normalized spacial score (nSPS) is 11.7. The summed E-state index contributed by atoms with van der Waals surface area (Å²) in [6.07, 6.45) is 1.23. The van der Waals surface area contributed by atoms with Gasteiger partial charge in [-0.1, -0.05) is 0 Å². The van der Waals surface area contributed by atoms with Crippen molar-refractivity contribution in [1.29, 1.82) is 0 Å². The van der Waals surface area contributed by atoms with Crippen molar-refractivity contribution in [3.05, 3.63) is 24.3 Å². The molecule has 0 radical (unpaired) electrons. The molecule has 1 heterocycles. The predicted octanol–water partition coefficient (Wildman–Crippen LogP) is 2.11. The molecule has 4 nitrogen and oxygen atoms in total. The van der Waals surface area contributed by atoms with Crippen LogP contribution in [0, 0.1) is 5.95 Å². The maximum Gasteiger partial charge on any atom is 0.361 e. The molecular formula is C9H13FNO3P. The van der Waals surface area contributed by atoms with Gasteiger partial charge in [0.15, 0.2) is 0 Å². The molecule has 0 fully saturated rings. The van der Waals surface area contributed by atoms with E-state index in [1.807, 2.05) is 0 Å². The zero-order valence-corrected chi connectivity index (χ0v) is 9.54. The van der Waals surface area contributed by atoms with Crippen molar-refractivity contribution in [3.8, 4) is 0 Å². The van der Waals surface area contributed by atoms with Gasteiger partial charge in [-0.25, -0.2) is 4.98 Å². The van der Waals surface area contributed by atoms with Crippen molar-refractivity contribution < 1.29 is 18.0 Å². The van der Waals surface area contributed by atoms with Gasteiger partial charge in [0, 0.05) is 12.3 Å². The SMILES string of the molecule is CCOP(=O)(OCC)c1ccnc(F)c1. The predicted molar refractivity (Wildman–Crippen MR) is 54.7 cm³/mol. The van der Waals surface area contributed by atoms with E-state index in [4.69, 9.17) is 9.05 Å². The number of hydrogen-bond acceptors (Lipinski definition) is 4. The first-order valence-corrected chi connectivity index (χ1v) is 6.18. The number of nitrogens with zero attached hydrogens (tertiary/aromatic N) is 1. The average molecular weight is 233 g/mol. The van der Waals surface area contributed by atoms with Crippen LogP contribution in [0.4, 0.5) is 4.39 Å². The first-order valence-electron chi connectivity index (χ1n) is 4.63. The van der Waals surface area contributed by atoms with E-state index in [0.29, 0.717) is 0 Å². The van der Waals surface area contributed by atoms with E-state index in [1.165, 1.54) is 12.3 Å². The average Bonchev–Trinajstić information content (AvgIpc) is 2.18. The summed E-state index contributed by atoms with van der Waals surface area (Å²) in [5.41, 5.74) is 0. The maximum absolute atomic E-state index is 12.8. The van der Waals surface area contributed by atoms with E-state index >= 15 is 0 Å². The van der Waals surface area contributed by atoms with Gasteiger partial charge in [-0.05, 0) is 19.9 Å². The lowest BCUT2D eigenvalue weighted by molar-refractivity contribution is 0.229. The van der Waals surface area contributed by atoms with Crippen LogP contribution in [0.1, 0.15) is 13.8 Å². The molecule has 1 aromatic heterocycles. The molecule has 6 heteroatoms. The molecular weight excluding hydrogens is 220 g/mol. The molecule has 0 N–H and O–H groups in total. The molecule has 0 spiro atoms. The Labute approximate surface area is 88.0 Å². The fraction of sp³-hybridized carbons (Fsp3) is 0.444. The minimum absolute atomic E-state index is 0.193. The molecule has 0 unspecified atom stereocenters. The molecule has 0 saturated heterocycles. The van der Waals surface area contributed by atoms with Crippen molar-refractivity contribution in [1.82, 2.24) is 4.98 Å². The maximum atomic E-state index is 12.8. The van der Waals surface area contributed by atoms with Gasteiger partial charge in [-0.2, -0.15) is 4.39 Å². The highest BCUT2D eigenvalue weighted by Gasteiger charge is 2.26. The van der Waals surface area contributed by atoms with Gasteiger partial charge in [-0.15, -0.1) is 0 Å². The molecule has 0 aliphatic carbocycles. The van der Waals surface area contributed by atoms with Crippen LogP contribution in [0.2, 0.25) is 0 Å². The molecule has 0 atom stereocenters. The van der Waals surface area contributed by atoms with E-state index in [-0.39, 0.29) is 18.5 Å². The second-order valence-electron chi connectivity index (χ2n) is 2.67. The zero-order valence-electron chi connectivity index (χ0n) is 8.64. The fourth-order valence-corrected chi connectivity index (χ4v) is 2.66. The van der Waals surface area contributed by atoms with E-state index in [2.05, 4.69) is 4.98 Å². The lowest BCUT2D eigenvalue weighted by Gasteiger charge is -2.16. The molecule has 1 rings (SSSR count). The third-order valence-electron chi connectivity index (χ3n) is 1.62. The summed E-state index contributed by atoms with van der Waals surface area (Å²) in [6.45, 7) is 3.87. The molecule has 0 bridgehead atoms. The molecule has 1 aromatic rings. The first-order chi connectivity index (χ1) is 7.12. The number of aromatic nitrogens is 1. The zero-order chi connectivity index (χ0) is 11.3. The van der Waals surface area contributed by atoms with Gasteiger partial charge < -0.3 is 9.05 Å². The number of halogens is 1. The van der Waals surface area contributed by atoms with Crippen LogP contribution < -0.4 is 5.30 Å². The van der Waals surface area contributed by atoms with Gasteiger partial charge in [0.05, 0.1) is 18.5 Å². The summed E-state index contributed by atoms with van der Waals surface area (Å²) >= 11 is 0. The van der Waals surface area contributed by atoms with Gasteiger partial charge in [-0.3, -0.25) is 4.57 Å². The number of hydrogen-bond donors (Lipinski definition) is 0. The van der Waals surface area contributed by atoms with Gasteiger partial charge in [0.1, 0.15) is 0 Å². The topological polar surface area (TPSA) is 48.4 Å². The van der Waals surface area contributed by atoms with Crippen molar-refractivity contribution in [2.45, 2.75) is 13.8 Å². The van der Waals surface area contributed by atoms with E-state index in [1.54, 1.807) is 13.8 Å². The monoisotopic (exact) mass is 233 g/mol. The van der Waals surface area contributed by atoms with Crippen LogP contribution in [0.25, 0.3) is 0 Å². The summed E-state index contributed by atoms with van der Waals surface area (Å²) in [7, 11) is -3.38. The van der Waals surface area contributed by atoms with Crippen LogP contribution in [0.3, 0.4) is 0 Å². The Morgan fingerprint density at radius 1 is 1.40 bits per heavy atom. The number of rotatable bonds is 5. The Hall–Kier alpha value is -0.770. The van der Waals surface area contributed by atoms with Crippen LogP contribution in [-0.2, 0) is 13.6 Å². The fourth-order valence-electron chi connectivity index (χ4n) is 1.09. The third kappa shape index (κ3) is 3.09. The highest BCUT2D eigenvalue weighted by atomic mass is 31.2. The molecule has 15 heavy (non-hydrogen) atoms. The van der Waals surface area contributed by atoms with E-state index < -0.39 is 13.5 Å². The van der Waals surface area contributed by atoms with E-state index in [0.717, 1.165) is 6.07 Å². The van der Waals surface area contributed by atoms with Gasteiger partial charge >= 0.3 is 7.60 Å². The van der Waals surface area contributed by atoms with Crippen molar-refractivity contribution in [2.75, 3.05) is 13.2 Å². The Morgan fingerprint density at radius 3 is 2.47 bits per heavy atom. The van der Waals surface area contributed by atoms with Crippen LogP contribution in [-0.4, -0.2) is 18.2 Å². The van der Waals surface area contributed by atoms with Crippen molar-refractivity contribution >= 4 is 12.9 Å². The standard InChI is InChI=1S/C9H13FNO3P/c1-3-13-15(12,14-4-2)8-5-6-11-9(10)7-8/h5-7H,3-4H2,1-2H3. The molecule has 84 valence electrons. The Kier molecular flexibility index (Phi) is 4.39. The Bertz CT molecular complexity index is 362. The van der Waals surface area contributed by atoms with Crippen LogP contribution in [0.15, 0.2) is 18.3 Å². The third-order valence-corrected chi connectivity index (χ3v) is 3.73. The smallest absolute Gasteiger partial charge is 0.305 e. The first kappa shape index (κ1) is 12.3. The van der Waals surface area contributed by atoms with Crippen LogP contribution in [0.5, 0.6) is 0 Å². The summed E-state index contributed by atoms with van der Waals surface area (Å²) < 4.78 is 35.1. The second kappa shape index (κ2) is 5.35. The molecule has 0 saturated carbocycles. The minimum Gasteiger partial charge on any atom is -0.305 e. The second-order valence-corrected chi connectivity index (χ2v) is 4.70. The lowest BCUT2D eigenvalue weighted by Crippen LogP contribution is -2.11. The number of pyridine rings is 1. The minimum atomic E-state index is -3.38. The summed E-state index contributed by atoms with van der Waals surface area (Å²) in [5.74, 6) is -0.702. The van der Waals surface area contributed by atoms with Gasteiger partial charge in [0.25, 0.3) is 0 Å². The Morgan fingerprint density at radius 2 is 2.00 bits per heavy atom. The Balaban J connectivity index is 3.03. The molecule has 0 aromatic carbocycles. The van der Waals surface area contributed by atoms with Crippen molar-refractivity contribution in [3.63, 3.8) is 0 Å². The molecule has 0 amide bonds. The molecule has 0 aliphatic rings. The van der Waals surface area contributed by atoms with E-state index in [9.17, 15) is 8.96 Å². The van der Waals surface area contributed by atoms with Crippen LogP contribution >= 0.6 is 7.60 Å². The molecule has 0 aliphatic heterocycles. The summed E-state index contributed by atoms with van der Waals surface area (Å²) in [6, 6.07) is 2.49. The largest absolute Gasteiger partial charge is 0.361 e. The summed E-state index contributed by atoms with van der Waals surface area (Å²) in [5, 5.41) is 0.193. The highest BCUT2D eigenvalue weighted by Crippen LogP contribution is 2.46. The van der Waals surface area contributed by atoms with Crippen molar-refractivity contribution in [2.24, 2.45) is 0 Å². The summed E-state index contributed by atoms with van der Waals surface area (Å²) in [4.78, 5) is 3.37. The highest BCUT2D eigenvalue weighted by molar-refractivity contribution is 7.62. The lowest BCUT2D eigenvalue weighted by atomic mass is 10.5.